The molecule has 1 fully saturated rings. The Kier molecular flexibility index (Phi) is 3.91. The molecule has 1 aliphatic heterocycles. The molecular formula is C13H16F2N2O. The van der Waals surface area contributed by atoms with Gasteiger partial charge in [-0.2, -0.15) is 0 Å². The maximum Gasteiger partial charge on any atom is 0.254 e. The summed E-state index contributed by atoms with van der Waals surface area (Å²) in [6.07, 6.45) is 1.80. The molecule has 1 aromatic carbocycles. The molecule has 5 heteroatoms. The van der Waals surface area contributed by atoms with Gasteiger partial charge in [-0.15, -0.1) is 0 Å². The van der Waals surface area contributed by atoms with Gasteiger partial charge in [0.2, 0.25) is 0 Å². The molecule has 1 amide bonds. The van der Waals surface area contributed by atoms with Crippen molar-refractivity contribution in [3.8, 4) is 0 Å². The molecule has 2 atom stereocenters. The van der Waals surface area contributed by atoms with Crippen molar-refractivity contribution >= 4 is 5.91 Å². The van der Waals surface area contributed by atoms with Crippen molar-refractivity contribution in [3.63, 3.8) is 0 Å². The first-order valence-corrected chi connectivity index (χ1v) is 6.06. The normalized spacial score (nSPS) is 23.7. The fraction of sp³-hybridized carbons (Fsp3) is 0.462. The van der Waals surface area contributed by atoms with E-state index in [1.807, 2.05) is 0 Å². The summed E-state index contributed by atoms with van der Waals surface area (Å²) in [7, 11) is 0. The molecule has 98 valence electrons. The highest BCUT2D eigenvalue weighted by atomic mass is 19.2. The van der Waals surface area contributed by atoms with Crippen LogP contribution in [0.4, 0.5) is 8.78 Å². The van der Waals surface area contributed by atoms with Gasteiger partial charge in [0.25, 0.3) is 5.91 Å². The maximum absolute atomic E-state index is 13.4. The van der Waals surface area contributed by atoms with Crippen LogP contribution in [0.5, 0.6) is 0 Å². The first-order chi connectivity index (χ1) is 8.58. The average Bonchev–Trinajstić information content (AvgIpc) is 2.35. The van der Waals surface area contributed by atoms with Gasteiger partial charge in [-0.3, -0.25) is 4.79 Å². The summed E-state index contributed by atoms with van der Waals surface area (Å²) < 4.78 is 26.4. The Morgan fingerprint density at radius 1 is 1.39 bits per heavy atom. The standard InChI is InChI=1S/C13H16F2N2O/c1-8-5-6-9(7-16-8)17-13(18)10-3-2-4-11(14)12(10)15/h2-4,8-9,16H,5-7H2,1H3,(H,17,18). The van der Waals surface area contributed by atoms with Crippen molar-refractivity contribution in [2.24, 2.45) is 0 Å². The third-order valence-electron chi connectivity index (χ3n) is 3.19. The van der Waals surface area contributed by atoms with Gasteiger partial charge in [0.1, 0.15) is 0 Å². The molecule has 0 aromatic heterocycles. The molecule has 1 saturated heterocycles. The topological polar surface area (TPSA) is 41.1 Å². The van der Waals surface area contributed by atoms with Gasteiger partial charge in [0.15, 0.2) is 11.6 Å². The lowest BCUT2D eigenvalue weighted by Gasteiger charge is -2.28. The quantitative estimate of drug-likeness (QED) is 0.845. The Morgan fingerprint density at radius 3 is 2.83 bits per heavy atom. The molecule has 1 aliphatic rings. The van der Waals surface area contributed by atoms with Crippen molar-refractivity contribution in [1.29, 1.82) is 0 Å². The Morgan fingerprint density at radius 2 is 2.17 bits per heavy atom. The minimum absolute atomic E-state index is 0.0311. The molecule has 0 saturated carbocycles. The second-order valence-electron chi connectivity index (χ2n) is 4.66. The van der Waals surface area contributed by atoms with Crippen LogP contribution in [0.25, 0.3) is 0 Å². The van der Waals surface area contributed by atoms with Crippen LogP contribution < -0.4 is 10.6 Å². The van der Waals surface area contributed by atoms with E-state index in [4.69, 9.17) is 0 Å². The summed E-state index contributed by atoms with van der Waals surface area (Å²) in [6.45, 7) is 2.73. The number of rotatable bonds is 2. The molecule has 0 aliphatic carbocycles. The number of benzene rings is 1. The lowest BCUT2D eigenvalue weighted by atomic mass is 10.0. The van der Waals surface area contributed by atoms with Gasteiger partial charge in [0.05, 0.1) is 5.56 Å². The van der Waals surface area contributed by atoms with Gasteiger partial charge in [-0.25, -0.2) is 8.78 Å². The molecule has 0 bridgehead atoms. The number of nitrogens with one attached hydrogen (secondary N) is 2. The summed E-state index contributed by atoms with van der Waals surface area (Å²) in [6, 6.07) is 4.01. The second kappa shape index (κ2) is 5.44. The van der Waals surface area contributed by atoms with E-state index in [0.29, 0.717) is 12.6 Å². The average molecular weight is 254 g/mol. The molecule has 3 nitrogen and oxygen atoms in total. The van der Waals surface area contributed by atoms with E-state index in [1.165, 1.54) is 12.1 Å². The SMILES string of the molecule is CC1CCC(NC(=O)c2cccc(F)c2F)CN1. The van der Waals surface area contributed by atoms with Gasteiger partial charge >= 0.3 is 0 Å². The fourth-order valence-corrected chi connectivity index (χ4v) is 2.06. The molecule has 18 heavy (non-hydrogen) atoms. The predicted octanol–water partition coefficient (Wildman–Crippen LogP) is 1.84. The zero-order valence-electron chi connectivity index (χ0n) is 10.2. The van der Waals surface area contributed by atoms with Crippen LogP contribution in [0.15, 0.2) is 18.2 Å². The Labute approximate surface area is 105 Å². The number of carbonyl (C=O) groups excluding carboxylic acids is 1. The van der Waals surface area contributed by atoms with Gasteiger partial charge in [-0.05, 0) is 31.9 Å². The second-order valence-corrected chi connectivity index (χ2v) is 4.66. The van der Waals surface area contributed by atoms with Crippen LogP contribution >= 0.6 is 0 Å². The van der Waals surface area contributed by atoms with E-state index >= 15 is 0 Å². The first-order valence-electron chi connectivity index (χ1n) is 6.06. The molecule has 2 unspecified atom stereocenters. The molecule has 2 N–H and O–H groups in total. The highest BCUT2D eigenvalue weighted by molar-refractivity contribution is 5.94. The van der Waals surface area contributed by atoms with E-state index in [0.717, 1.165) is 18.9 Å². The summed E-state index contributed by atoms with van der Waals surface area (Å²) in [5.41, 5.74) is -0.242. The van der Waals surface area contributed by atoms with Crippen LogP contribution in [0, 0.1) is 11.6 Å². The van der Waals surface area contributed by atoms with Crippen LogP contribution in [0.2, 0.25) is 0 Å². The third kappa shape index (κ3) is 2.85. The molecular weight excluding hydrogens is 238 g/mol. The maximum atomic E-state index is 13.4. The summed E-state index contributed by atoms with van der Waals surface area (Å²) >= 11 is 0. The molecule has 1 heterocycles. The zero-order chi connectivity index (χ0) is 13.1. The van der Waals surface area contributed by atoms with E-state index in [2.05, 4.69) is 17.6 Å². The highest BCUT2D eigenvalue weighted by Gasteiger charge is 2.21. The highest BCUT2D eigenvalue weighted by Crippen LogP contribution is 2.13. The largest absolute Gasteiger partial charge is 0.348 e. The van der Waals surface area contributed by atoms with Gasteiger partial charge in [0, 0.05) is 18.6 Å². The van der Waals surface area contributed by atoms with Crippen LogP contribution in [0.1, 0.15) is 30.1 Å². The van der Waals surface area contributed by atoms with E-state index in [1.54, 1.807) is 0 Å². The Hall–Kier alpha value is -1.49. The van der Waals surface area contributed by atoms with E-state index in [-0.39, 0.29) is 11.6 Å². The molecule has 1 aromatic rings. The number of carbonyl (C=O) groups is 1. The lowest BCUT2D eigenvalue weighted by Crippen LogP contribution is -2.48. The Balaban J connectivity index is 2.01. The van der Waals surface area contributed by atoms with Crippen molar-refractivity contribution in [2.75, 3.05) is 6.54 Å². The van der Waals surface area contributed by atoms with E-state index in [9.17, 15) is 13.6 Å². The Bertz CT molecular complexity index is 443. The van der Waals surface area contributed by atoms with Crippen LogP contribution in [-0.4, -0.2) is 24.5 Å². The number of amides is 1. The number of hydrogen-bond donors (Lipinski definition) is 2. The first kappa shape index (κ1) is 13.0. The minimum Gasteiger partial charge on any atom is -0.348 e. The van der Waals surface area contributed by atoms with Crippen LogP contribution in [0.3, 0.4) is 0 Å². The van der Waals surface area contributed by atoms with Crippen molar-refractivity contribution < 1.29 is 13.6 Å². The van der Waals surface area contributed by atoms with E-state index < -0.39 is 17.5 Å². The van der Waals surface area contributed by atoms with Crippen molar-refractivity contribution in [1.82, 2.24) is 10.6 Å². The monoisotopic (exact) mass is 254 g/mol. The summed E-state index contributed by atoms with van der Waals surface area (Å²) in [4.78, 5) is 11.8. The number of halogens is 2. The van der Waals surface area contributed by atoms with Crippen molar-refractivity contribution in [2.45, 2.75) is 31.8 Å². The lowest BCUT2D eigenvalue weighted by molar-refractivity contribution is 0.0922. The smallest absolute Gasteiger partial charge is 0.254 e. The zero-order valence-corrected chi connectivity index (χ0v) is 10.2. The molecule has 2 rings (SSSR count). The third-order valence-corrected chi connectivity index (χ3v) is 3.19. The minimum atomic E-state index is -1.09. The molecule has 0 radical (unpaired) electrons. The summed E-state index contributed by atoms with van der Waals surface area (Å²) in [5, 5.41) is 5.95. The van der Waals surface area contributed by atoms with Gasteiger partial charge in [-0.1, -0.05) is 6.07 Å². The number of piperidine rings is 1. The number of hydrogen-bond acceptors (Lipinski definition) is 2. The molecule has 0 spiro atoms. The predicted molar refractivity (Wildman–Crippen MR) is 64.3 cm³/mol. The fourth-order valence-electron chi connectivity index (χ4n) is 2.06. The summed E-state index contributed by atoms with van der Waals surface area (Å²) in [5.74, 6) is -2.65. The van der Waals surface area contributed by atoms with Crippen molar-refractivity contribution in [3.05, 3.63) is 35.4 Å². The van der Waals surface area contributed by atoms with Crippen LogP contribution in [-0.2, 0) is 0 Å². The van der Waals surface area contributed by atoms with Gasteiger partial charge < -0.3 is 10.6 Å².